The van der Waals surface area contributed by atoms with E-state index in [1.807, 2.05) is 6.92 Å². The van der Waals surface area contributed by atoms with Crippen LogP contribution in [0.3, 0.4) is 0 Å². The summed E-state index contributed by atoms with van der Waals surface area (Å²) in [6.45, 7) is 4.44. The minimum Gasteiger partial charge on any atom is -0.497 e. The van der Waals surface area contributed by atoms with Gasteiger partial charge in [0.2, 0.25) is 5.91 Å². The van der Waals surface area contributed by atoms with Crippen molar-refractivity contribution in [3.8, 4) is 17.2 Å². The molecule has 178 valence electrons. The first kappa shape index (κ1) is 25.9. The number of hydrogen-bond acceptors (Lipinski definition) is 6. The quantitative estimate of drug-likeness (QED) is 0.134. The molecular weight excluding hydrogens is 420 g/mol. The van der Waals surface area contributed by atoms with Crippen LogP contribution in [0.5, 0.6) is 17.2 Å². The van der Waals surface area contributed by atoms with Gasteiger partial charge in [-0.25, -0.2) is 10.2 Å². The molecule has 33 heavy (non-hydrogen) atoms. The highest BCUT2D eigenvalue weighted by molar-refractivity contribution is 5.91. The third kappa shape index (κ3) is 9.35. The number of carbonyl (C=O) groups is 2. The Morgan fingerprint density at radius 3 is 2.36 bits per heavy atom. The van der Waals surface area contributed by atoms with E-state index in [4.69, 9.17) is 14.2 Å². The van der Waals surface area contributed by atoms with Crippen LogP contribution >= 0.6 is 0 Å². The Labute approximate surface area is 196 Å². The molecule has 0 aliphatic rings. The molecule has 7 nitrogen and oxygen atoms in total. The van der Waals surface area contributed by atoms with E-state index in [1.54, 1.807) is 49.6 Å². The van der Waals surface area contributed by atoms with Crippen molar-refractivity contribution in [2.45, 2.75) is 58.8 Å². The summed E-state index contributed by atoms with van der Waals surface area (Å²) >= 11 is 0. The number of nitrogens with one attached hydrogen (secondary N) is 1. The van der Waals surface area contributed by atoms with Crippen molar-refractivity contribution in [1.29, 1.82) is 0 Å². The maximum absolute atomic E-state index is 12.5. The summed E-state index contributed by atoms with van der Waals surface area (Å²) in [7, 11) is 1.56. The van der Waals surface area contributed by atoms with Crippen LogP contribution in [0, 0.1) is 0 Å². The minimum absolute atomic E-state index is 0.100. The monoisotopic (exact) mass is 454 g/mol. The highest BCUT2D eigenvalue weighted by atomic mass is 16.6. The second kappa shape index (κ2) is 14.7. The SMILES string of the molecule is CCCCCCCCC(=O)NN=Cc1ccc(OC(=O)c2ccc(OC)cc2)c(OCC)c1. The molecule has 2 rings (SSSR count). The zero-order valence-electron chi connectivity index (χ0n) is 19.8. The van der Waals surface area contributed by atoms with Crippen LogP contribution in [0.25, 0.3) is 0 Å². The second-order valence-corrected chi connectivity index (χ2v) is 7.57. The first-order valence-corrected chi connectivity index (χ1v) is 11.5. The maximum atomic E-state index is 12.5. The summed E-state index contributed by atoms with van der Waals surface area (Å²) in [5, 5.41) is 4.03. The molecule has 0 saturated heterocycles. The first-order chi connectivity index (χ1) is 16.1. The highest BCUT2D eigenvalue weighted by Gasteiger charge is 2.13. The average molecular weight is 455 g/mol. The second-order valence-electron chi connectivity index (χ2n) is 7.57. The summed E-state index contributed by atoms with van der Waals surface area (Å²) in [4.78, 5) is 24.4. The molecule has 0 radical (unpaired) electrons. The Kier molecular flexibility index (Phi) is 11.5. The lowest BCUT2D eigenvalue weighted by molar-refractivity contribution is -0.121. The van der Waals surface area contributed by atoms with Crippen molar-refractivity contribution in [1.82, 2.24) is 5.43 Å². The molecule has 0 atom stereocenters. The van der Waals surface area contributed by atoms with Gasteiger partial charge in [0.1, 0.15) is 5.75 Å². The van der Waals surface area contributed by atoms with Gasteiger partial charge in [-0.1, -0.05) is 39.0 Å². The Balaban J connectivity index is 1.91. The van der Waals surface area contributed by atoms with E-state index in [1.165, 1.54) is 31.9 Å². The minimum atomic E-state index is -0.498. The molecule has 0 fully saturated rings. The number of esters is 1. The predicted molar refractivity (Wildman–Crippen MR) is 129 cm³/mol. The molecule has 0 aromatic heterocycles. The van der Waals surface area contributed by atoms with Crippen molar-refractivity contribution in [2.75, 3.05) is 13.7 Å². The highest BCUT2D eigenvalue weighted by Crippen LogP contribution is 2.29. The van der Waals surface area contributed by atoms with Crippen LogP contribution in [-0.4, -0.2) is 31.8 Å². The van der Waals surface area contributed by atoms with Gasteiger partial charge in [-0.2, -0.15) is 5.10 Å². The molecule has 0 bridgehead atoms. The van der Waals surface area contributed by atoms with Gasteiger partial charge in [0.25, 0.3) is 0 Å². The largest absolute Gasteiger partial charge is 0.497 e. The molecule has 2 aromatic carbocycles. The fourth-order valence-corrected chi connectivity index (χ4v) is 3.14. The van der Waals surface area contributed by atoms with E-state index in [0.29, 0.717) is 41.4 Å². The van der Waals surface area contributed by atoms with Crippen LogP contribution in [0.1, 0.15) is 74.7 Å². The zero-order chi connectivity index (χ0) is 23.9. The molecular formula is C26H34N2O5. The standard InChI is InChI=1S/C26H34N2O5/c1-4-6-7-8-9-10-11-25(29)28-27-19-20-12-17-23(24(18-20)32-5-2)33-26(30)21-13-15-22(31-3)16-14-21/h12-19H,4-11H2,1-3H3,(H,28,29). The molecule has 0 heterocycles. The fourth-order valence-electron chi connectivity index (χ4n) is 3.14. The number of hydrazone groups is 1. The molecule has 1 amide bonds. The number of unbranched alkanes of at least 4 members (excludes halogenated alkanes) is 5. The Morgan fingerprint density at radius 2 is 1.67 bits per heavy atom. The normalized spacial score (nSPS) is 10.8. The van der Waals surface area contributed by atoms with Gasteiger partial charge < -0.3 is 14.2 Å². The maximum Gasteiger partial charge on any atom is 0.343 e. The van der Waals surface area contributed by atoms with Crippen molar-refractivity contribution >= 4 is 18.1 Å². The summed E-state index contributed by atoms with van der Waals surface area (Å²) in [6.07, 6.45) is 8.79. The van der Waals surface area contributed by atoms with Gasteiger partial charge in [-0.05, 0) is 61.4 Å². The number of hydrogen-bond donors (Lipinski definition) is 1. The van der Waals surface area contributed by atoms with Crippen LogP contribution < -0.4 is 19.6 Å². The smallest absolute Gasteiger partial charge is 0.343 e. The Bertz CT molecular complexity index is 909. The van der Waals surface area contributed by atoms with Crippen molar-refractivity contribution in [3.05, 3.63) is 53.6 Å². The van der Waals surface area contributed by atoms with E-state index >= 15 is 0 Å². The molecule has 0 spiro atoms. The van der Waals surface area contributed by atoms with Gasteiger partial charge in [0.05, 0.1) is 25.5 Å². The van der Waals surface area contributed by atoms with Crippen molar-refractivity contribution in [3.63, 3.8) is 0 Å². The first-order valence-electron chi connectivity index (χ1n) is 11.5. The van der Waals surface area contributed by atoms with E-state index in [2.05, 4.69) is 17.5 Å². The van der Waals surface area contributed by atoms with E-state index < -0.39 is 5.97 Å². The number of rotatable bonds is 14. The number of benzene rings is 2. The van der Waals surface area contributed by atoms with Gasteiger partial charge in [0.15, 0.2) is 11.5 Å². The molecule has 0 aliphatic carbocycles. The van der Waals surface area contributed by atoms with Crippen LogP contribution in [-0.2, 0) is 4.79 Å². The van der Waals surface area contributed by atoms with Crippen molar-refractivity contribution < 1.29 is 23.8 Å². The third-order valence-electron chi connectivity index (χ3n) is 4.96. The molecule has 0 saturated carbocycles. The predicted octanol–water partition coefficient (Wildman–Crippen LogP) is 5.51. The van der Waals surface area contributed by atoms with Crippen LogP contribution in [0.2, 0.25) is 0 Å². The lowest BCUT2D eigenvalue weighted by Gasteiger charge is -2.11. The molecule has 0 aliphatic heterocycles. The summed E-state index contributed by atoms with van der Waals surface area (Å²) < 4.78 is 16.2. The third-order valence-corrected chi connectivity index (χ3v) is 4.96. The average Bonchev–Trinajstić information content (AvgIpc) is 2.83. The van der Waals surface area contributed by atoms with E-state index in [9.17, 15) is 9.59 Å². The van der Waals surface area contributed by atoms with Gasteiger partial charge in [0, 0.05) is 6.42 Å². The molecule has 1 N–H and O–H groups in total. The fraction of sp³-hybridized carbons (Fsp3) is 0.423. The number of amides is 1. The lowest BCUT2D eigenvalue weighted by Crippen LogP contribution is -2.16. The molecule has 7 heteroatoms. The molecule has 2 aromatic rings. The number of methoxy groups -OCH3 is 1. The number of ether oxygens (including phenoxy) is 3. The number of carbonyl (C=O) groups excluding carboxylic acids is 2. The van der Waals surface area contributed by atoms with Crippen LogP contribution in [0.4, 0.5) is 0 Å². The number of nitrogens with zero attached hydrogens (tertiary/aromatic N) is 1. The Hall–Kier alpha value is -3.35. The van der Waals surface area contributed by atoms with Gasteiger partial charge >= 0.3 is 5.97 Å². The van der Waals surface area contributed by atoms with E-state index in [-0.39, 0.29) is 5.91 Å². The summed E-state index contributed by atoms with van der Waals surface area (Å²) in [5.74, 6) is 0.784. The molecule has 0 unspecified atom stereocenters. The topological polar surface area (TPSA) is 86.2 Å². The van der Waals surface area contributed by atoms with Crippen LogP contribution in [0.15, 0.2) is 47.6 Å². The Morgan fingerprint density at radius 1 is 0.939 bits per heavy atom. The van der Waals surface area contributed by atoms with Gasteiger partial charge in [-0.15, -0.1) is 0 Å². The lowest BCUT2D eigenvalue weighted by atomic mass is 10.1. The van der Waals surface area contributed by atoms with E-state index in [0.717, 1.165) is 12.8 Å². The van der Waals surface area contributed by atoms with Crippen molar-refractivity contribution in [2.24, 2.45) is 5.10 Å². The summed E-state index contributed by atoms with van der Waals surface area (Å²) in [5.41, 5.74) is 3.67. The zero-order valence-corrected chi connectivity index (χ0v) is 19.8. The summed E-state index contributed by atoms with van der Waals surface area (Å²) in [6, 6.07) is 11.8. The van der Waals surface area contributed by atoms with Gasteiger partial charge in [-0.3, -0.25) is 4.79 Å².